The summed E-state index contributed by atoms with van der Waals surface area (Å²) in [5, 5.41) is 4.02. The molecular formula is C22H32FN3O2. The third kappa shape index (κ3) is 7.06. The molecule has 154 valence electrons. The Kier molecular flexibility index (Phi) is 8.15. The Morgan fingerprint density at radius 3 is 2.46 bits per heavy atom. The van der Waals surface area contributed by atoms with E-state index in [1.807, 2.05) is 25.7 Å². The highest BCUT2D eigenvalue weighted by molar-refractivity contribution is 5.76. The molecule has 0 unspecified atom stereocenters. The van der Waals surface area contributed by atoms with E-state index in [4.69, 9.17) is 4.52 Å². The molecule has 0 saturated carbocycles. The van der Waals surface area contributed by atoms with E-state index < -0.39 is 0 Å². The second-order valence-electron chi connectivity index (χ2n) is 8.26. The van der Waals surface area contributed by atoms with Crippen LogP contribution in [0, 0.1) is 5.82 Å². The van der Waals surface area contributed by atoms with Crippen molar-refractivity contribution in [1.82, 2.24) is 15.0 Å². The molecule has 1 heterocycles. The maximum absolute atomic E-state index is 13.1. The van der Waals surface area contributed by atoms with Gasteiger partial charge in [-0.2, -0.15) is 4.98 Å². The van der Waals surface area contributed by atoms with Gasteiger partial charge in [0.15, 0.2) is 5.82 Å². The molecule has 28 heavy (non-hydrogen) atoms. The molecule has 0 spiro atoms. The molecule has 0 aliphatic carbocycles. The first kappa shape index (κ1) is 22.1. The second kappa shape index (κ2) is 10.3. The number of amides is 1. The topological polar surface area (TPSA) is 59.2 Å². The largest absolute Gasteiger partial charge is 0.339 e. The van der Waals surface area contributed by atoms with E-state index >= 15 is 0 Å². The van der Waals surface area contributed by atoms with Gasteiger partial charge in [-0.05, 0) is 30.5 Å². The normalized spacial score (nSPS) is 11.6. The zero-order valence-electron chi connectivity index (χ0n) is 17.5. The van der Waals surface area contributed by atoms with Gasteiger partial charge in [-0.3, -0.25) is 4.79 Å². The summed E-state index contributed by atoms with van der Waals surface area (Å²) in [7, 11) is 0. The van der Waals surface area contributed by atoms with Gasteiger partial charge in [0, 0.05) is 31.3 Å². The third-order valence-corrected chi connectivity index (χ3v) is 4.59. The molecule has 0 bridgehead atoms. The van der Waals surface area contributed by atoms with E-state index in [-0.39, 0.29) is 17.1 Å². The number of hydrogen-bond donors (Lipinski definition) is 0. The van der Waals surface area contributed by atoms with Crippen LogP contribution >= 0.6 is 0 Å². The monoisotopic (exact) mass is 389 g/mol. The van der Waals surface area contributed by atoms with Gasteiger partial charge in [0.05, 0.1) is 0 Å². The first-order chi connectivity index (χ1) is 13.3. The first-order valence-corrected chi connectivity index (χ1v) is 10.1. The molecular weight excluding hydrogens is 357 g/mol. The molecule has 0 radical (unpaired) electrons. The van der Waals surface area contributed by atoms with Crippen LogP contribution in [0.15, 0.2) is 28.8 Å². The van der Waals surface area contributed by atoms with Crippen molar-refractivity contribution in [2.75, 3.05) is 6.54 Å². The lowest BCUT2D eigenvalue weighted by Gasteiger charge is -2.23. The van der Waals surface area contributed by atoms with Crippen molar-refractivity contribution >= 4 is 5.91 Å². The fourth-order valence-electron chi connectivity index (χ4n) is 2.86. The highest BCUT2D eigenvalue weighted by Gasteiger charge is 2.21. The number of rotatable bonds is 10. The molecule has 2 rings (SSSR count). The summed E-state index contributed by atoms with van der Waals surface area (Å²) < 4.78 is 18.4. The zero-order valence-corrected chi connectivity index (χ0v) is 17.5. The average molecular weight is 390 g/mol. The number of carbonyl (C=O) groups excluding carboxylic acids is 1. The van der Waals surface area contributed by atoms with Crippen LogP contribution in [0.4, 0.5) is 4.39 Å². The van der Waals surface area contributed by atoms with Crippen LogP contribution in [-0.4, -0.2) is 27.5 Å². The summed E-state index contributed by atoms with van der Waals surface area (Å²) >= 11 is 0. The van der Waals surface area contributed by atoms with Gasteiger partial charge in [-0.25, -0.2) is 4.39 Å². The number of unbranched alkanes of at least 4 members (excludes halogenated alkanes) is 2. The van der Waals surface area contributed by atoms with Crippen molar-refractivity contribution in [1.29, 1.82) is 0 Å². The predicted molar refractivity (Wildman–Crippen MR) is 107 cm³/mol. The predicted octanol–water partition coefficient (Wildman–Crippen LogP) is 5.05. The number of benzene rings is 1. The van der Waals surface area contributed by atoms with Crippen LogP contribution in [0.5, 0.6) is 0 Å². The molecule has 6 heteroatoms. The molecule has 0 atom stereocenters. The van der Waals surface area contributed by atoms with Crippen LogP contribution in [0.3, 0.4) is 0 Å². The minimum absolute atomic E-state index is 0.107. The average Bonchev–Trinajstić information content (AvgIpc) is 3.12. The van der Waals surface area contributed by atoms with Crippen molar-refractivity contribution in [3.63, 3.8) is 0 Å². The molecule has 0 saturated heterocycles. The summed E-state index contributed by atoms with van der Waals surface area (Å²) in [6, 6.07) is 6.35. The number of nitrogens with zero attached hydrogens (tertiary/aromatic N) is 3. The lowest BCUT2D eigenvalue weighted by Crippen LogP contribution is -2.31. The summed E-state index contributed by atoms with van der Waals surface area (Å²) in [5.41, 5.74) is 0.793. The molecule has 0 N–H and O–H groups in total. The van der Waals surface area contributed by atoms with Gasteiger partial charge in [-0.15, -0.1) is 0 Å². The molecule has 5 nitrogen and oxygen atoms in total. The van der Waals surface area contributed by atoms with Crippen molar-refractivity contribution in [2.45, 2.75) is 78.2 Å². The summed E-state index contributed by atoms with van der Waals surface area (Å²) in [4.78, 5) is 19.0. The van der Waals surface area contributed by atoms with Crippen molar-refractivity contribution in [3.05, 3.63) is 47.4 Å². The fraction of sp³-hybridized carbons (Fsp3) is 0.591. The van der Waals surface area contributed by atoms with Crippen LogP contribution in [0.1, 0.15) is 77.1 Å². The fourth-order valence-corrected chi connectivity index (χ4v) is 2.86. The quantitative estimate of drug-likeness (QED) is 0.534. The Morgan fingerprint density at radius 1 is 1.14 bits per heavy atom. The highest BCUT2D eigenvalue weighted by atomic mass is 19.1. The van der Waals surface area contributed by atoms with Crippen LogP contribution in [0.2, 0.25) is 0 Å². The SMILES string of the molecule is CCCCCN(Cc1ccc(F)cc1)C(=O)CCCc1nc(C(C)(C)C)no1. The van der Waals surface area contributed by atoms with Gasteiger partial charge in [-0.1, -0.05) is 57.8 Å². The molecule has 0 aliphatic rings. The Bertz CT molecular complexity index is 735. The Labute approximate surface area is 167 Å². The maximum atomic E-state index is 13.1. The summed E-state index contributed by atoms with van der Waals surface area (Å²) in [5.74, 6) is 1.11. The van der Waals surface area contributed by atoms with Crippen LogP contribution in [-0.2, 0) is 23.2 Å². The maximum Gasteiger partial charge on any atom is 0.226 e. The van der Waals surface area contributed by atoms with Crippen molar-refractivity contribution in [2.24, 2.45) is 0 Å². The van der Waals surface area contributed by atoms with E-state index in [1.165, 1.54) is 12.1 Å². The Morgan fingerprint density at radius 2 is 1.86 bits per heavy atom. The number of aromatic nitrogens is 2. The van der Waals surface area contributed by atoms with Crippen LogP contribution in [0.25, 0.3) is 0 Å². The molecule has 1 aromatic heterocycles. The van der Waals surface area contributed by atoms with Crippen molar-refractivity contribution < 1.29 is 13.7 Å². The van der Waals surface area contributed by atoms with Crippen molar-refractivity contribution in [3.8, 4) is 0 Å². The van der Waals surface area contributed by atoms with E-state index in [0.717, 1.165) is 31.4 Å². The Hall–Kier alpha value is -2.24. The van der Waals surface area contributed by atoms with Gasteiger partial charge in [0.25, 0.3) is 0 Å². The third-order valence-electron chi connectivity index (χ3n) is 4.59. The number of carbonyl (C=O) groups is 1. The molecule has 1 aromatic carbocycles. The first-order valence-electron chi connectivity index (χ1n) is 10.1. The summed E-state index contributed by atoms with van der Waals surface area (Å²) in [6.07, 6.45) is 4.85. The molecule has 2 aromatic rings. The minimum atomic E-state index is -0.262. The van der Waals surface area contributed by atoms with Gasteiger partial charge < -0.3 is 9.42 Å². The van der Waals surface area contributed by atoms with E-state index in [1.54, 1.807) is 12.1 Å². The van der Waals surface area contributed by atoms with E-state index in [0.29, 0.717) is 37.5 Å². The summed E-state index contributed by atoms with van der Waals surface area (Å²) in [6.45, 7) is 9.48. The molecule has 0 fully saturated rings. The zero-order chi connectivity index (χ0) is 20.6. The smallest absolute Gasteiger partial charge is 0.226 e. The number of aryl methyl sites for hydroxylation is 1. The van der Waals surface area contributed by atoms with Gasteiger partial charge in [0.1, 0.15) is 5.82 Å². The van der Waals surface area contributed by atoms with Gasteiger partial charge in [0.2, 0.25) is 11.8 Å². The molecule has 1 amide bonds. The minimum Gasteiger partial charge on any atom is -0.339 e. The van der Waals surface area contributed by atoms with Crippen LogP contribution < -0.4 is 0 Å². The van der Waals surface area contributed by atoms with E-state index in [2.05, 4.69) is 17.1 Å². The Balaban J connectivity index is 1.89. The standard InChI is InChI=1S/C22H32FN3O2/c1-5-6-7-15-26(16-17-11-13-18(23)14-12-17)20(27)10-8-9-19-24-21(25-28-19)22(2,3)4/h11-14H,5-10,15-16H2,1-4H3. The number of hydrogen-bond acceptors (Lipinski definition) is 4. The van der Waals surface area contributed by atoms with Gasteiger partial charge >= 0.3 is 0 Å². The second-order valence-corrected chi connectivity index (χ2v) is 8.26. The van der Waals surface area contributed by atoms with E-state index in [9.17, 15) is 9.18 Å². The number of halogens is 1. The lowest BCUT2D eigenvalue weighted by molar-refractivity contribution is -0.132. The molecule has 0 aliphatic heterocycles. The highest BCUT2D eigenvalue weighted by Crippen LogP contribution is 2.19. The lowest BCUT2D eigenvalue weighted by atomic mass is 9.96.